The molecule has 3 rings (SSSR count). The lowest BCUT2D eigenvalue weighted by Gasteiger charge is -2.04. The van der Waals surface area contributed by atoms with Crippen LogP contribution in [0.3, 0.4) is 0 Å². The average Bonchev–Trinajstić information content (AvgIpc) is 2.85. The smallest absolute Gasteiger partial charge is 0.272 e. The zero-order chi connectivity index (χ0) is 15.7. The van der Waals surface area contributed by atoms with Crippen LogP contribution in [-0.2, 0) is 0 Å². The average molecular weight is 289 g/mol. The molecule has 22 heavy (non-hydrogen) atoms. The van der Waals surface area contributed by atoms with Gasteiger partial charge in [0.2, 0.25) is 0 Å². The van der Waals surface area contributed by atoms with Crippen LogP contribution >= 0.6 is 0 Å². The van der Waals surface area contributed by atoms with Gasteiger partial charge in [-0.2, -0.15) is 5.26 Å². The van der Waals surface area contributed by atoms with Crippen LogP contribution in [0.4, 0.5) is 5.69 Å². The maximum atomic E-state index is 12.4. The number of hydrogen-bond donors (Lipinski definition) is 2. The van der Waals surface area contributed by atoms with Gasteiger partial charge in [0, 0.05) is 16.6 Å². The summed E-state index contributed by atoms with van der Waals surface area (Å²) in [6, 6.07) is 14.9. The van der Waals surface area contributed by atoms with Crippen LogP contribution in [0.1, 0.15) is 27.2 Å². The summed E-state index contributed by atoms with van der Waals surface area (Å²) in [5, 5.41) is 12.7. The topological polar surface area (TPSA) is 68.7 Å². The number of nitriles is 1. The summed E-state index contributed by atoms with van der Waals surface area (Å²) < 4.78 is 0. The van der Waals surface area contributed by atoms with Gasteiger partial charge in [0.1, 0.15) is 5.69 Å². The molecule has 0 spiro atoms. The number of aromatic nitrogens is 1. The number of aromatic amines is 1. The quantitative estimate of drug-likeness (QED) is 0.751. The molecule has 0 bridgehead atoms. The van der Waals surface area contributed by atoms with Gasteiger partial charge in [0.05, 0.1) is 11.6 Å². The maximum Gasteiger partial charge on any atom is 0.272 e. The predicted molar refractivity (Wildman–Crippen MR) is 86.9 cm³/mol. The lowest BCUT2D eigenvalue weighted by Crippen LogP contribution is -2.13. The number of carbonyl (C=O) groups excluding carboxylic acids is 1. The fourth-order valence-electron chi connectivity index (χ4n) is 2.49. The number of nitrogens with zero attached hydrogens (tertiary/aromatic N) is 1. The molecule has 0 saturated carbocycles. The third kappa shape index (κ3) is 2.45. The number of anilines is 1. The molecule has 2 N–H and O–H groups in total. The third-order valence-electron chi connectivity index (χ3n) is 3.71. The number of nitrogens with one attached hydrogen (secondary N) is 2. The number of fused-ring (bicyclic) bond motifs is 1. The van der Waals surface area contributed by atoms with E-state index < -0.39 is 0 Å². The molecular weight excluding hydrogens is 274 g/mol. The Labute approximate surface area is 128 Å². The molecule has 3 aromatic rings. The Balaban J connectivity index is 1.91. The van der Waals surface area contributed by atoms with Gasteiger partial charge in [-0.15, -0.1) is 0 Å². The van der Waals surface area contributed by atoms with Gasteiger partial charge < -0.3 is 10.3 Å². The molecule has 0 unspecified atom stereocenters. The van der Waals surface area contributed by atoms with E-state index in [2.05, 4.69) is 22.4 Å². The highest BCUT2D eigenvalue weighted by atomic mass is 16.1. The van der Waals surface area contributed by atoms with E-state index in [4.69, 9.17) is 5.26 Å². The Hall–Kier alpha value is -3.06. The van der Waals surface area contributed by atoms with Gasteiger partial charge >= 0.3 is 0 Å². The van der Waals surface area contributed by atoms with Crippen molar-refractivity contribution in [3.8, 4) is 6.07 Å². The Morgan fingerprint density at radius 2 is 1.86 bits per heavy atom. The first-order valence-electron chi connectivity index (χ1n) is 6.99. The summed E-state index contributed by atoms with van der Waals surface area (Å²) in [7, 11) is 0. The minimum Gasteiger partial charge on any atom is -0.350 e. The summed E-state index contributed by atoms with van der Waals surface area (Å²) in [4.78, 5) is 15.6. The number of benzene rings is 2. The van der Waals surface area contributed by atoms with Crippen molar-refractivity contribution >= 4 is 22.5 Å². The van der Waals surface area contributed by atoms with Crippen LogP contribution in [0.2, 0.25) is 0 Å². The fraction of sp³-hybridized carbons (Fsp3) is 0.111. The molecular formula is C18H15N3O. The van der Waals surface area contributed by atoms with Crippen molar-refractivity contribution in [2.24, 2.45) is 0 Å². The minimum atomic E-state index is -0.184. The molecule has 108 valence electrons. The number of aryl methyl sites for hydroxylation is 2. The molecule has 1 aromatic heterocycles. The summed E-state index contributed by atoms with van der Waals surface area (Å²) in [6.45, 7) is 3.97. The van der Waals surface area contributed by atoms with Crippen LogP contribution in [0.15, 0.2) is 42.5 Å². The first-order valence-corrected chi connectivity index (χ1v) is 6.99. The van der Waals surface area contributed by atoms with Crippen LogP contribution in [0.25, 0.3) is 10.9 Å². The third-order valence-corrected chi connectivity index (χ3v) is 3.71. The standard InChI is InChI=1S/C18H15N3O/c1-11-3-8-16-15(9-11)12(2)17(21-16)18(22)20-14-6-4-13(10-19)5-7-14/h3-9,21H,1-2H3,(H,20,22). The highest BCUT2D eigenvalue weighted by molar-refractivity contribution is 6.07. The highest BCUT2D eigenvalue weighted by Gasteiger charge is 2.15. The molecule has 0 atom stereocenters. The van der Waals surface area contributed by atoms with Gasteiger partial charge in [0.25, 0.3) is 5.91 Å². The molecule has 0 aliphatic rings. The Bertz CT molecular complexity index is 898. The van der Waals surface area contributed by atoms with E-state index in [9.17, 15) is 4.79 Å². The Morgan fingerprint density at radius 1 is 1.14 bits per heavy atom. The lowest BCUT2D eigenvalue weighted by molar-refractivity contribution is 0.102. The van der Waals surface area contributed by atoms with E-state index in [0.29, 0.717) is 16.9 Å². The van der Waals surface area contributed by atoms with Gasteiger partial charge in [-0.25, -0.2) is 0 Å². The molecule has 4 heteroatoms. The summed E-state index contributed by atoms with van der Waals surface area (Å²) >= 11 is 0. The van der Waals surface area contributed by atoms with Crippen LogP contribution in [-0.4, -0.2) is 10.9 Å². The fourth-order valence-corrected chi connectivity index (χ4v) is 2.49. The van der Waals surface area contributed by atoms with Crippen molar-refractivity contribution in [2.75, 3.05) is 5.32 Å². The van der Waals surface area contributed by atoms with Crippen molar-refractivity contribution in [2.45, 2.75) is 13.8 Å². The van der Waals surface area contributed by atoms with Crippen molar-refractivity contribution in [1.82, 2.24) is 4.98 Å². The van der Waals surface area contributed by atoms with Crippen LogP contribution < -0.4 is 5.32 Å². The summed E-state index contributed by atoms with van der Waals surface area (Å²) in [6.07, 6.45) is 0. The summed E-state index contributed by atoms with van der Waals surface area (Å²) in [5.41, 5.74) is 4.84. The van der Waals surface area contributed by atoms with Crippen molar-refractivity contribution in [1.29, 1.82) is 5.26 Å². The molecule has 0 saturated heterocycles. The lowest BCUT2D eigenvalue weighted by atomic mass is 10.1. The number of rotatable bonds is 2. The zero-order valence-corrected chi connectivity index (χ0v) is 12.4. The Kier molecular flexibility index (Phi) is 3.40. The molecule has 1 heterocycles. The Morgan fingerprint density at radius 3 is 2.55 bits per heavy atom. The number of H-pyrrole nitrogens is 1. The summed E-state index contributed by atoms with van der Waals surface area (Å²) in [5.74, 6) is -0.184. The molecule has 0 aliphatic carbocycles. The number of hydrogen-bond acceptors (Lipinski definition) is 2. The van der Waals surface area contributed by atoms with E-state index in [1.54, 1.807) is 24.3 Å². The van der Waals surface area contributed by atoms with E-state index in [1.807, 2.05) is 26.0 Å². The molecule has 1 amide bonds. The van der Waals surface area contributed by atoms with Gasteiger partial charge in [-0.3, -0.25) is 4.79 Å². The number of carbonyl (C=O) groups is 1. The van der Waals surface area contributed by atoms with E-state index in [0.717, 1.165) is 22.0 Å². The second kappa shape index (κ2) is 5.38. The highest BCUT2D eigenvalue weighted by Crippen LogP contribution is 2.23. The molecule has 4 nitrogen and oxygen atoms in total. The van der Waals surface area contributed by atoms with E-state index in [1.165, 1.54) is 0 Å². The molecule has 0 aliphatic heterocycles. The van der Waals surface area contributed by atoms with Crippen LogP contribution in [0.5, 0.6) is 0 Å². The molecule has 0 fully saturated rings. The first kappa shape index (κ1) is 13.9. The predicted octanol–water partition coefficient (Wildman–Crippen LogP) is 3.91. The van der Waals surface area contributed by atoms with Crippen LogP contribution in [0, 0.1) is 25.2 Å². The number of amides is 1. The van der Waals surface area contributed by atoms with Crippen molar-refractivity contribution in [3.63, 3.8) is 0 Å². The van der Waals surface area contributed by atoms with Gasteiger partial charge in [-0.1, -0.05) is 11.6 Å². The largest absolute Gasteiger partial charge is 0.350 e. The van der Waals surface area contributed by atoms with E-state index >= 15 is 0 Å². The minimum absolute atomic E-state index is 0.184. The van der Waals surface area contributed by atoms with E-state index in [-0.39, 0.29) is 5.91 Å². The SMILES string of the molecule is Cc1ccc2[nH]c(C(=O)Nc3ccc(C#N)cc3)c(C)c2c1. The zero-order valence-electron chi connectivity index (χ0n) is 12.4. The normalized spacial score (nSPS) is 10.4. The van der Waals surface area contributed by atoms with Crippen molar-refractivity contribution in [3.05, 3.63) is 64.8 Å². The monoisotopic (exact) mass is 289 g/mol. The van der Waals surface area contributed by atoms with Crippen molar-refractivity contribution < 1.29 is 4.79 Å². The van der Waals surface area contributed by atoms with Gasteiger partial charge in [-0.05, 0) is 55.8 Å². The second-order valence-corrected chi connectivity index (χ2v) is 5.32. The maximum absolute atomic E-state index is 12.4. The van der Waals surface area contributed by atoms with Gasteiger partial charge in [0.15, 0.2) is 0 Å². The first-order chi connectivity index (χ1) is 10.6. The molecule has 0 radical (unpaired) electrons. The molecule has 2 aromatic carbocycles. The second-order valence-electron chi connectivity index (χ2n) is 5.32.